The molecule has 0 fully saturated rings. The lowest BCUT2D eigenvalue weighted by Gasteiger charge is -2.00. The van der Waals surface area contributed by atoms with Crippen molar-refractivity contribution in [3.63, 3.8) is 0 Å². The predicted molar refractivity (Wildman–Crippen MR) is 79.4 cm³/mol. The zero-order chi connectivity index (χ0) is 13.9. The van der Waals surface area contributed by atoms with Crippen LogP contribution in [0.15, 0.2) is 42.0 Å². The lowest BCUT2D eigenvalue weighted by atomic mass is 10.1. The monoisotopic (exact) mass is 283 g/mol. The summed E-state index contributed by atoms with van der Waals surface area (Å²) in [6, 6.07) is 8.40. The van der Waals surface area contributed by atoms with Gasteiger partial charge in [0.15, 0.2) is 0 Å². The maximum absolute atomic E-state index is 10.9. The van der Waals surface area contributed by atoms with Gasteiger partial charge in [-0.05, 0) is 30.4 Å². The minimum atomic E-state index is -0.392. The molecule has 0 unspecified atom stereocenters. The van der Waals surface area contributed by atoms with E-state index in [0.717, 1.165) is 10.6 Å². The quantitative estimate of drug-likeness (QED) is 0.542. The summed E-state index contributed by atoms with van der Waals surface area (Å²) >= 11 is 1.54. The van der Waals surface area contributed by atoms with Crippen molar-refractivity contribution < 1.29 is 4.92 Å². The molecule has 0 aliphatic heterocycles. The molecule has 5 nitrogen and oxygen atoms in total. The standard InChI is InChI=1S/C14H9N3O2S/c18-17(19)14-3-1-2-13-12(14)7-5-10(16-13)4-6-11-8-15-9-20-11/h1-9H. The first-order chi connectivity index (χ1) is 9.74. The molecule has 20 heavy (non-hydrogen) atoms. The Bertz CT molecular complexity index is 797. The molecule has 3 rings (SSSR count). The van der Waals surface area contributed by atoms with E-state index in [-0.39, 0.29) is 5.69 Å². The highest BCUT2D eigenvalue weighted by atomic mass is 32.1. The van der Waals surface area contributed by atoms with Gasteiger partial charge in [-0.1, -0.05) is 6.07 Å². The van der Waals surface area contributed by atoms with E-state index in [0.29, 0.717) is 10.9 Å². The minimum Gasteiger partial charge on any atom is -0.258 e. The van der Waals surface area contributed by atoms with Crippen LogP contribution >= 0.6 is 11.3 Å². The normalized spacial score (nSPS) is 11.2. The van der Waals surface area contributed by atoms with Gasteiger partial charge in [0.1, 0.15) is 0 Å². The Labute approximate surface area is 118 Å². The summed E-state index contributed by atoms with van der Waals surface area (Å²) in [5, 5.41) is 11.5. The van der Waals surface area contributed by atoms with Gasteiger partial charge in [0.25, 0.3) is 5.69 Å². The second-order valence-electron chi connectivity index (χ2n) is 4.07. The van der Waals surface area contributed by atoms with Crippen LogP contribution in [0.3, 0.4) is 0 Å². The van der Waals surface area contributed by atoms with Gasteiger partial charge in [-0.3, -0.25) is 15.1 Å². The van der Waals surface area contributed by atoms with Crippen molar-refractivity contribution >= 4 is 40.1 Å². The number of non-ortho nitro benzene ring substituents is 1. The average Bonchev–Trinajstić information content (AvgIpc) is 2.97. The molecule has 6 heteroatoms. The summed E-state index contributed by atoms with van der Waals surface area (Å²) in [6.07, 6.45) is 5.56. The van der Waals surface area contributed by atoms with Crippen LogP contribution in [0.4, 0.5) is 5.69 Å². The first kappa shape index (κ1) is 12.4. The van der Waals surface area contributed by atoms with Crippen LogP contribution in [0.25, 0.3) is 23.1 Å². The number of thiazole rings is 1. The van der Waals surface area contributed by atoms with Gasteiger partial charge in [-0.2, -0.15) is 0 Å². The molecule has 0 spiro atoms. The van der Waals surface area contributed by atoms with E-state index in [1.807, 2.05) is 12.2 Å². The van der Waals surface area contributed by atoms with Gasteiger partial charge in [0.2, 0.25) is 0 Å². The third-order valence-corrected chi connectivity index (χ3v) is 3.54. The van der Waals surface area contributed by atoms with E-state index >= 15 is 0 Å². The average molecular weight is 283 g/mol. The van der Waals surface area contributed by atoms with Gasteiger partial charge >= 0.3 is 0 Å². The molecule has 0 saturated heterocycles. The van der Waals surface area contributed by atoms with Crippen molar-refractivity contribution in [2.75, 3.05) is 0 Å². The smallest absolute Gasteiger partial charge is 0.258 e. The van der Waals surface area contributed by atoms with Crippen LogP contribution in [0.5, 0.6) is 0 Å². The topological polar surface area (TPSA) is 68.9 Å². The van der Waals surface area contributed by atoms with Crippen LogP contribution in [-0.4, -0.2) is 14.9 Å². The summed E-state index contributed by atoms with van der Waals surface area (Å²) in [7, 11) is 0. The fraction of sp³-hybridized carbons (Fsp3) is 0. The lowest BCUT2D eigenvalue weighted by Crippen LogP contribution is -1.91. The van der Waals surface area contributed by atoms with E-state index < -0.39 is 4.92 Å². The highest BCUT2D eigenvalue weighted by Gasteiger charge is 2.11. The fourth-order valence-electron chi connectivity index (χ4n) is 1.88. The van der Waals surface area contributed by atoms with Crippen LogP contribution in [0.2, 0.25) is 0 Å². The Morgan fingerprint density at radius 1 is 1.20 bits per heavy atom. The number of benzene rings is 1. The zero-order valence-corrected chi connectivity index (χ0v) is 11.1. The van der Waals surface area contributed by atoms with Crippen molar-refractivity contribution in [3.05, 3.63) is 62.7 Å². The molecule has 0 bridgehead atoms. The summed E-state index contributed by atoms with van der Waals surface area (Å²) in [6.45, 7) is 0. The van der Waals surface area contributed by atoms with Crippen LogP contribution in [-0.2, 0) is 0 Å². The predicted octanol–water partition coefficient (Wildman–Crippen LogP) is 3.77. The van der Waals surface area contributed by atoms with Crippen LogP contribution < -0.4 is 0 Å². The maximum Gasteiger partial charge on any atom is 0.278 e. The number of aromatic nitrogens is 2. The molecular formula is C14H9N3O2S. The van der Waals surface area contributed by atoms with Gasteiger partial charge in [-0.25, -0.2) is 4.98 Å². The summed E-state index contributed by atoms with van der Waals surface area (Å²) in [5.74, 6) is 0. The minimum absolute atomic E-state index is 0.0768. The number of nitrogens with zero attached hydrogens (tertiary/aromatic N) is 3. The van der Waals surface area contributed by atoms with Gasteiger partial charge < -0.3 is 0 Å². The molecule has 0 N–H and O–H groups in total. The molecule has 3 aromatic rings. The number of nitro groups is 1. The summed E-state index contributed by atoms with van der Waals surface area (Å²) in [4.78, 5) is 20.0. The SMILES string of the molecule is O=[N+]([O-])c1cccc2nc(C=Cc3cncs3)ccc12. The molecule has 98 valence electrons. The number of rotatable bonds is 3. The van der Waals surface area contributed by atoms with E-state index in [1.54, 1.807) is 36.0 Å². The molecule has 2 heterocycles. The molecule has 0 saturated carbocycles. The van der Waals surface area contributed by atoms with E-state index in [2.05, 4.69) is 9.97 Å². The first-order valence-electron chi connectivity index (χ1n) is 5.85. The van der Waals surface area contributed by atoms with Crippen molar-refractivity contribution in [3.8, 4) is 0 Å². The first-order valence-corrected chi connectivity index (χ1v) is 6.73. The lowest BCUT2D eigenvalue weighted by molar-refractivity contribution is -0.383. The van der Waals surface area contributed by atoms with Crippen LogP contribution in [0, 0.1) is 10.1 Å². The number of fused-ring (bicyclic) bond motifs is 1. The van der Waals surface area contributed by atoms with Gasteiger partial charge in [-0.15, -0.1) is 11.3 Å². The van der Waals surface area contributed by atoms with E-state index in [9.17, 15) is 10.1 Å². The van der Waals surface area contributed by atoms with E-state index in [1.165, 1.54) is 17.4 Å². The zero-order valence-electron chi connectivity index (χ0n) is 10.3. The number of pyridine rings is 1. The van der Waals surface area contributed by atoms with E-state index in [4.69, 9.17) is 0 Å². The number of hydrogen-bond donors (Lipinski definition) is 0. The molecule has 0 amide bonds. The Morgan fingerprint density at radius 3 is 2.85 bits per heavy atom. The Morgan fingerprint density at radius 2 is 2.10 bits per heavy atom. The van der Waals surface area contributed by atoms with Crippen molar-refractivity contribution in [1.29, 1.82) is 0 Å². The fourth-order valence-corrected chi connectivity index (χ4v) is 2.39. The second-order valence-corrected chi connectivity index (χ2v) is 4.99. The van der Waals surface area contributed by atoms with Gasteiger partial charge in [0.05, 0.1) is 27.0 Å². The Hall–Kier alpha value is -2.60. The molecule has 0 radical (unpaired) electrons. The Kier molecular flexibility index (Phi) is 3.22. The largest absolute Gasteiger partial charge is 0.278 e. The highest BCUT2D eigenvalue weighted by Crippen LogP contribution is 2.24. The molecule has 0 aliphatic carbocycles. The van der Waals surface area contributed by atoms with Crippen molar-refractivity contribution in [2.24, 2.45) is 0 Å². The summed E-state index contributed by atoms with van der Waals surface area (Å²) in [5.41, 5.74) is 3.21. The molecular weight excluding hydrogens is 274 g/mol. The Balaban J connectivity index is 2.01. The second kappa shape index (κ2) is 5.18. The molecule has 1 aromatic carbocycles. The summed E-state index contributed by atoms with van der Waals surface area (Å²) < 4.78 is 0. The highest BCUT2D eigenvalue weighted by molar-refractivity contribution is 7.10. The van der Waals surface area contributed by atoms with Crippen molar-refractivity contribution in [1.82, 2.24) is 9.97 Å². The van der Waals surface area contributed by atoms with Crippen molar-refractivity contribution in [2.45, 2.75) is 0 Å². The number of nitro benzene ring substituents is 1. The number of hydrogen-bond acceptors (Lipinski definition) is 5. The third kappa shape index (κ3) is 2.41. The third-order valence-electron chi connectivity index (χ3n) is 2.80. The van der Waals surface area contributed by atoms with Crippen LogP contribution in [0.1, 0.15) is 10.6 Å². The molecule has 2 aromatic heterocycles. The molecule has 0 atom stereocenters. The molecule has 0 aliphatic rings. The maximum atomic E-state index is 10.9. The van der Waals surface area contributed by atoms with Gasteiger partial charge in [0, 0.05) is 17.1 Å².